The minimum Gasteiger partial charge on any atom is -0.494 e. The van der Waals surface area contributed by atoms with Crippen LogP contribution in [0.3, 0.4) is 0 Å². The summed E-state index contributed by atoms with van der Waals surface area (Å²) in [6.07, 6.45) is 1.19. The Hall–Kier alpha value is -2.04. The van der Waals surface area contributed by atoms with E-state index in [2.05, 4.69) is 12.2 Å². The third-order valence-electron chi connectivity index (χ3n) is 3.23. The molecular weight excluding hydrogens is 256 g/mol. The number of rotatable bonds is 6. The van der Waals surface area contributed by atoms with E-state index in [1.807, 2.05) is 24.3 Å². The van der Waals surface area contributed by atoms with Crippen LogP contribution in [0.15, 0.2) is 24.3 Å². The van der Waals surface area contributed by atoms with Crippen molar-refractivity contribution in [2.75, 3.05) is 18.5 Å². The van der Waals surface area contributed by atoms with Crippen molar-refractivity contribution in [3.8, 4) is 5.75 Å². The summed E-state index contributed by atoms with van der Waals surface area (Å²) >= 11 is 0. The third-order valence-corrected chi connectivity index (χ3v) is 3.23. The Bertz CT molecular complexity index is 484. The number of carbonyl (C=O) groups excluding carboxylic acids is 2. The Morgan fingerprint density at radius 3 is 2.50 bits per heavy atom. The van der Waals surface area contributed by atoms with Crippen LogP contribution in [-0.4, -0.2) is 35.9 Å². The first-order valence-corrected chi connectivity index (χ1v) is 6.99. The molecule has 0 spiro atoms. The minimum absolute atomic E-state index is 0.113. The molecule has 1 saturated heterocycles. The van der Waals surface area contributed by atoms with Crippen molar-refractivity contribution in [3.63, 3.8) is 0 Å². The fourth-order valence-electron chi connectivity index (χ4n) is 2.20. The van der Waals surface area contributed by atoms with Gasteiger partial charge in [0, 0.05) is 12.2 Å². The topological polar surface area (TPSA) is 58.6 Å². The number of imide groups is 1. The van der Waals surface area contributed by atoms with Gasteiger partial charge in [0.1, 0.15) is 11.8 Å². The van der Waals surface area contributed by atoms with Crippen molar-refractivity contribution in [2.45, 2.75) is 32.7 Å². The molecule has 1 aromatic rings. The molecule has 0 radical (unpaired) electrons. The first kappa shape index (κ1) is 14.4. The number of benzene rings is 1. The smallest absolute Gasteiger partial charge is 0.252 e. The number of amides is 2. The number of anilines is 1. The number of hydrogen-bond donors (Lipinski definition) is 1. The largest absolute Gasteiger partial charge is 0.494 e. The molecule has 0 saturated carbocycles. The van der Waals surface area contributed by atoms with Crippen molar-refractivity contribution in [1.82, 2.24) is 4.90 Å². The van der Waals surface area contributed by atoms with Crippen LogP contribution in [0.2, 0.25) is 0 Å². The van der Waals surface area contributed by atoms with Crippen molar-refractivity contribution in [3.05, 3.63) is 24.3 Å². The molecule has 1 aromatic carbocycles. The molecule has 1 aliphatic heterocycles. The molecule has 2 amide bonds. The standard InChI is InChI=1S/C15H20N2O3/c1-3-9-20-12-7-5-11(6-8-12)16-13-10-14(18)17(4-2)15(13)19/h5-8,13,16H,3-4,9-10H2,1-2H3. The van der Waals surface area contributed by atoms with Crippen LogP contribution in [0.1, 0.15) is 26.7 Å². The Morgan fingerprint density at radius 2 is 1.95 bits per heavy atom. The lowest BCUT2D eigenvalue weighted by Crippen LogP contribution is -2.34. The fraction of sp³-hybridized carbons (Fsp3) is 0.467. The highest BCUT2D eigenvalue weighted by Crippen LogP contribution is 2.20. The van der Waals surface area contributed by atoms with Gasteiger partial charge in [-0.05, 0) is 37.6 Å². The number of hydrogen-bond acceptors (Lipinski definition) is 4. The van der Waals surface area contributed by atoms with Crippen molar-refractivity contribution in [2.24, 2.45) is 0 Å². The lowest BCUT2D eigenvalue weighted by atomic mass is 10.2. The molecule has 1 N–H and O–H groups in total. The molecule has 1 unspecified atom stereocenters. The molecular formula is C15H20N2O3. The second-order valence-electron chi connectivity index (χ2n) is 4.75. The Balaban J connectivity index is 1.97. The summed E-state index contributed by atoms with van der Waals surface area (Å²) < 4.78 is 5.50. The van der Waals surface area contributed by atoms with Gasteiger partial charge in [0.25, 0.3) is 5.91 Å². The monoisotopic (exact) mass is 276 g/mol. The van der Waals surface area contributed by atoms with Crippen LogP contribution in [0.4, 0.5) is 5.69 Å². The van der Waals surface area contributed by atoms with Gasteiger partial charge in [0.2, 0.25) is 5.91 Å². The van der Waals surface area contributed by atoms with Crippen molar-refractivity contribution in [1.29, 1.82) is 0 Å². The van der Waals surface area contributed by atoms with Crippen LogP contribution in [0.5, 0.6) is 5.75 Å². The van der Waals surface area contributed by atoms with E-state index in [0.717, 1.165) is 17.9 Å². The van der Waals surface area contributed by atoms with Gasteiger partial charge in [-0.1, -0.05) is 6.92 Å². The van der Waals surface area contributed by atoms with Gasteiger partial charge in [0.05, 0.1) is 13.0 Å². The van der Waals surface area contributed by atoms with Gasteiger partial charge in [-0.2, -0.15) is 0 Å². The predicted molar refractivity (Wildman–Crippen MR) is 76.6 cm³/mol. The van der Waals surface area contributed by atoms with E-state index < -0.39 is 6.04 Å². The molecule has 2 rings (SSSR count). The molecule has 0 aromatic heterocycles. The molecule has 0 bridgehead atoms. The third kappa shape index (κ3) is 3.10. The van der Waals surface area contributed by atoms with Crippen LogP contribution < -0.4 is 10.1 Å². The van der Waals surface area contributed by atoms with Gasteiger partial charge < -0.3 is 10.1 Å². The number of carbonyl (C=O) groups is 2. The number of nitrogens with one attached hydrogen (secondary N) is 1. The molecule has 1 heterocycles. The van der Waals surface area contributed by atoms with Crippen LogP contribution in [-0.2, 0) is 9.59 Å². The second-order valence-corrected chi connectivity index (χ2v) is 4.75. The molecule has 1 atom stereocenters. The lowest BCUT2D eigenvalue weighted by molar-refractivity contribution is -0.138. The maximum absolute atomic E-state index is 12.0. The first-order valence-electron chi connectivity index (χ1n) is 6.99. The van der Waals surface area contributed by atoms with Crippen molar-refractivity contribution >= 4 is 17.5 Å². The van der Waals surface area contributed by atoms with Gasteiger partial charge in [0.15, 0.2) is 0 Å². The fourth-order valence-corrected chi connectivity index (χ4v) is 2.20. The van der Waals surface area contributed by atoms with E-state index >= 15 is 0 Å². The number of ether oxygens (including phenoxy) is 1. The number of likely N-dealkylation sites (tertiary alicyclic amines) is 1. The Morgan fingerprint density at radius 1 is 1.25 bits per heavy atom. The molecule has 5 heteroatoms. The summed E-state index contributed by atoms with van der Waals surface area (Å²) in [5.41, 5.74) is 0.818. The van der Waals surface area contributed by atoms with Crippen LogP contribution in [0.25, 0.3) is 0 Å². The summed E-state index contributed by atoms with van der Waals surface area (Å²) in [7, 11) is 0. The SMILES string of the molecule is CCCOc1ccc(NC2CC(=O)N(CC)C2=O)cc1. The van der Waals surface area contributed by atoms with Crippen molar-refractivity contribution < 1.29 is 14.3 Å². The van der Waals surface area contributed by atoms with E-state index in [0.29, 0.717) is 13.2 Å². The number of likely N-dealkylation sites (N-methyl/N-ethyl adjacent to an activating group) is 1. The zero-order valence-electron chi connectivity index (χ0n) is 11.9. The highest BCUT2D eigenvalue weighted by atomic mass is 16.5. The molecule has 108 valence electrons. The molecule has 5 nitrogen and oxygen atoms in total. The summed E-state index contributed by atoms with van der Waals surface area (Å²) in [6, 6.07) is 6.98. The van der Waals surface area contributed by atoms with E-state index in [1.165, 1.54) is 4.90 Å². The summed E-state index contributed by atoms with van der Waals surface area (Å²) in [4.78, 5) is 24.9. The van der Waals surface area contributed by atoms with Gasteiger partial charge in [-0.3, -0.25) is 14.5 Å². The zero-order chi connectivity index (χ0) is 14.5. The molecule has 1 fully saturated rings. The quantitative estimate of drug-likeness (QED) is 0.808. The lowest BCUT2D eigenvalue weighted by Gasteiger charge is -2.14. The molecule has 1 aliphatic rings. The van der Waals surface area contributed by atoms with Crippen LogP contribution >= 0.6 is 0 Å². The second kappa shape index (κ2) is 6.41. The predicted octanol–water partition coefficient (Wildman–Crippen LogP) is 2.03. The average molecular weight is 276 g/mol. The van der Waals surface area contributed by atoms with Gasteiger partial charge in [-0.15, -0.1) is 0 Å². The zero-order valence-corrected chi connectivity index (χ0v) is 11.9. The van der Waals surface area contributed by atoms with E-state index in [9.17, 15) is 9.59 Å². The van der Waals surface area contributed by atoms with Gasteiger partial charge in [-0.25, -0.2) is 0 Å². The maximum Gasteiger partial charge on any atom is 0.252 e. The molecule has 0 aliphatic carbocycles. The summed E-state index contributed by atoms with van der Waals surface area (Å²) in [5, 5.41) is 3.10. The Kier molecular flexibility index (Phi) is 4.61. The highest BCUT2D eigenvalue weighted by molar-refractivity contribution is 6.06. The van der Waals surface area contributed by atoms with Gasteiger partial charge >= 0.3 is 0 Å². The molecule has 20 heavy (non-hydrogen) atoms. The van der Waals surface area contributed by atoms with Crippen LogP contribution in [0, 0.1) is 0 Å². The van der Waals surface area contributed by atoms with E-state index in [4.69, 9.17) is 4.74 Å². The normalized spacial score (nSPS) is 18.5. The number of nitrogens with zero attached hydrogens (tertiary/aromatic N) is 1. The first-order chi connectivity index (χ1) is 9.65. The van der Waals surface area contributed by atoms with E-state index in [1.54, 1.807) is 6.92 Å². The summed E-state index contributed by atoms with van der Waals surface area (Å²) in [6.45, 7) is 4.98. The Labute approximate surface area is 118 Å². The minimum atomic E-state index is -0.454. The maximum atomic E-state index is 12.0. The van der Waals surface area contributed by atoms with E-state index in [-0.39, 0.29) is 18.2 Å². The highest BCUT2D eigenvalue weighted by Gasteiger charge is 2.37. The summed E-state index contributed by atoms with van der Waals surface area (Å²) in [5.74, 6) is 0.545. The average Bonchev–Trinajstić information content (AvgIpc) is 2.72.